The van der Waals surface area contributed by atoms with E-state index in [9.17, 15) is 4.79 Å². The zero-order valence-corrected chi connectivity index (χ0v) is 20.2. The van der Waals surface area contributed by atoms with E-state index in [1.807, 2.05) is 46.8 Å². The molecule has 2 aromatic heterocycles. The number of ether oxygens (including phenoxy) is 1. The van der Waals surface area contributed by atoms with Crippen molar-refractivity contribution in [1.29, 1.82) is 0 Å². The summed E-state index contributed by atoms with van der Waals surface area (Å²) in [5.74, 6) is 1.58. The Labute approximate surface area is 200 Å². The maximum Gasteiger partial charge on any atom is 0.258 e. The number of methoxy groups -OCH3 is 1. The van der Waals surface area contributed by atoms with Gasteiger partial charge in [0, 0.05) is 37.5 Å². The van der Waals surface area contributed by atoms with Gasteiger partial charge in [-0.05, 0) is 58.4 Å². The van der Waals surface area contributed by atoms with Crippen molar-refractivity contribution in [2.24, 2.45) is 4.99 Å². The van der Waals surface area contributed by atoms with E-state index >= 15 is 0 Å². The number of rotatable bonds is 5. The summed E-state index contributed by atoms with van der Waals surface area (Å²) in [6.07, 6.45) is 5.97. The number of likely N-dealkylation sites (tertiary alicyclic amines) is 1. The number of hydrogen-bond donors (Lipinski definition) is 0. The quantitative estimate of drug-likeness (QED) is 0.538. The molecule has 2 atom stereocenters. The SMILES string of the molecule is C=N[C@H]1CCN(c2nc3cc([C@@H]4CCCCN4C(=O)c4cc(C)ccc4OC)nn3cc2C)C1. The van der Waals surface area contributed by atoms with Crippen molar-refractivity contribution < 1.29 is 9.53 Å². The first-order valence-electron chi connectivity index (χ1n) is 12.0. The van der Waals surface area contributed by atoms with E-state index in [0.29, 0.717) is 17.9 Å². The summed E-state index contributed by atoms with van der Waals surface area (Å²) in [7, 11) is 1.61. The number of carbonyl (C=O) groups excluding carboxylic acids is 1. The molecule has 2 fully saturated rings. The normalized spacial score (nSPS) is 20.7. The minimum Gasteiger partial charge on any atom is -0.496 e. The largest absolute Gasteiger partial charge is 0.496 e. The Bertz CT molecular complexity index is 1240. The molecular weight excluding hydrogens is 428 g/mol. The minimum absolute atomic E-state index is 0.00725. The van der Waals surface area contributed by atoms with Crippen molar-refractivity contribution in [3.05, 3.63) is 52.8 Å². The van der Waals surface area contributed by atoms with E-state index < -0.39 is 0 Å². The second kappa shape index (κ2) is 9.08. The van der Waals surface area contributed by atoms with Crippen LogP contribution < -0.4 is 9.64 Å². The Morgan fingerprint density at radius 3 is 2.79 bits per heavy atom. The monoisotopic (exact) mass is 460 g/mol. The van der Waals surface area contributed by atoms with Gasteiger partial charge in [0.15, 0.2) is 5.65 Å². The zero-order valence-electron chi connectivity index (χ0n) is 20.2. The Hall–Kier alpha value is -3.42. The molecule has 1 aromatic carbocycles. The van der Waals surface area contributed by atoms with Crippen molar-refractivity contribution in [2.45, 2.75) is 51.6 Å². The molecule has 0 bridgehead atoms. The molecule has 1 amide bonds. The lowest BCUT2D eigenvalue weighted by atomic mass is 9.97. The number of anilines is 1. The van der Waals surface area contributed by atoms with Crippen LogP contribution in [0.4, 0.5) is 5.82 Å². The summed E-state index contributed by atoms with van der Waals surface area (Å²) in [6.45, 7) is 10.2. The molecule has 0 aliphatic carbocycles. The van der Waals surface area contributed by atoms with Gasteiger partial charge >= 0.3 is 0 Å². The number of benzene rings is 1. The van der Waals surface area contributed by atoms with Gasteiger partial charge in [-0.2, -0.15) is 5.10 Å². The van der Waals surface area contributed by atoms with Crippen molar-refractivity contribution in [1.82, 2.24) is 19.5 Å². The first-order valence-corrected chi connectivity index (χ1v) is 12.0. The van der Waals surface area contributed by atoms with Crippen LogP contribution in [0.25, 0.3) is 5.65 Å². The molecule has 0 radical (unpaired) electrons. The van der Waals surface area contributed by atoms with Gasteiger partial charge in [0.25, 0.3) is 5.91 Å². The van der Waals surface area contributed by atoms with Gasteiger partial charge in [0.05, 0.1) is 30.5 Å². The lowest BCUT2D eigenvalue weighted by molar-refractivity contribution is 0.0602. The molecule has 2 aliphatic rings. The predicted molar refractivity (Wildman–Crippen MR) is 133 cm³/mol. The molecule has 3 aromatic rings. The molecule has 178 valence electrons. The highest BCUT2D eigenvalue weighted by molar-refractivity contribution is 5.97. The third-order valence-electron chi connectivity index (χ3n) is 7.04. The number of fused-ring (bicyclic) bond motifs is 1. The second-order valence-corrected chi connectivity index (χ2v) is 9.40. The number of aliphatic imine (C=N–C) groups is 1. The predicted octanol–water partition coefficient (Wildman–Crippen LogP) is 4.00. The van der Waals surface area contributed by atoms with Gasteiger partial charge in [0.1, 0.15) is 11.6 Å². The standard InChI is InChI=1S/C26H32N6O2/c1-17-8-9-23(34-4)20(13-17)26(33)31-11-6-5-7-22(31)21-14-24-28-25(18(2)15-32(24)29-21)30-12-10-19(16-30)27-3/h8-9,13-15,19,22H,3,5-7,10-12,16H2,1-2,4H3/t19-,22-/m0/s1. The molecule has 8 heteroatoms. The van der Waals surface area contributed by atoms with Gasteiger partial charge in [-0.15, -0.1) is 0 Å². The molecule has 0 N–H and O–H groups in total. The van der Waals surface area contributed by atoms with E-state index in [2.05, 4.69) is 23.5 Å². The molecule has 0 spiro atoms. The number of aryl methyl sites for hydroxylation is 2. The second-order valence-electron chi connectivity index (χ2n) is 9.40. The van der Waals surface area contributed by atoms with Gasteiger partial charge in [-0.3, -0.25) is 9.79 Å². The summed E-state index contributed by atoms with van der Waals surface area (Å²) in [6, 6.07) is 7.95. The number of hydrogen-bond acceptors (Lipinski definition) is 6. The number of nitrogens with zero attached hydrogens (tertiary/aromatic N) is 6. The Balaban J connectivity index is 1.47. The van der Waals surface area contributed by atoms with Crippen LogP contribution in [0.15, 0.2) is 35.5 Å². The minimum atomic E-state index is -0.0851. The molecule has 2 saturated heterocycles. The maximum absolute atomic E-state index is 13.6. The van der Waals surface area contributed by atoms with E-state index in [1.54, 1.807) is 7.11 Å². The molecule has 8 nitrogen and oxygen atoms in total. The average Bonchev–Trinajstić information content (AvgIpc) is 3.49. The summed E-state index contributed by atoms with van der Waals surface area (Å²) >= 11 is 0. The van der Waals surface area contributed by atoms with E-state index in [-0.39, 0.29) is 18.0 Å². The van der Waals surface area contributed by atoms with Gasteiger partial charge in [-0.1, -0.05) is 11.6 Å². The van der Waals surface area contributed by atoms with Gasteiger partial charge in [0.2, 0.25) is 0 Å². The van der Waals surface area contributed by atoms with Crippen LogP contribution >= 0.6 is 0 Å². The molecule has 0 unspecified atom stereocenters. The van der Waals surface area contributed by atoms with Crippen LogP contribution in [-0.4, -0.2) is 64.9 Å². The lowest BCUT2D eigenvalue weighted by Crippen LogP contribution is -2.39. The fraction of sp³-hybridized carbons (Fsp3) is 0.462. The van der Waals surface area contributed by atoms with Crippen molar-refractivity contribution in [3.8, 4) is 5.75 Å². The van der Waals surface area contributed by atoms with E-state index in [4.69, 9.17) is 14.8 Å². The average molecular weight is 461 g/mol. The molecule has 34 heavy (non-hydrogen) atoms. The first-order chi connectivity index (χ1) is 16.5. The maximum atomic E-state index is 13.6. The summed E-state index contributed by atoms with van der Waals surface area (Å²) in [5, 5.41) is 4.86. The van der Waals surface area contributed by atoms with Crippen LogP contribution in [0.1, 0.15) is 58.9 Å². The van der Waals surface area contributed by atoms with E-state index in [0.717, 1.165) is 67.1 Å². The number of carbonyl (C=O) groups is 1. The summed E-state index contributed by atoms with van der Waals surface area (Å²) in [4.78, 5) is 27.0. The van der Waals surface area contributed by atoms with Crippen LogP contribution in [0.5, 0.6) is 5.75 Å². The first kappa shape index (κ1) is 22.4. The Morgan fingerprint density at radius 2 is 2.03 bits per heavy atom. The fourth-order valence-corrected chi connectivity index (χ4v) is 5.21. The van der Waals surface area contributed by atoms with Gasteiger partial charge in [-0.25, -0.2) is 9.50 Å². The molecule has 2 aliphatic heterocycles. The fourth-order valence-electron chi connectivity index (χ4n) is 5.21. The Morgan fingerprint density at radius 1 is 1.18 bits per heavy atom. The topological polar surface area (TPSA) is 75.3 Å². The molecule has 4 heterocycles. The van der Waals surface area contributed by atoms with Crippen molar-refractivity contribution in [3.63, 3.8) is 0 Å². The molecule has 0 saturated carbocycles. The van der Waals surface area contributed by atoms with Crippen molar-refractivity contribution in [2.75, 3.05) is 31.6 Å². The number of aromatic nitrogens is 3. The number of amides is 1. The summed E-state index contributed by atoms with van der Waals surface area (Å²) < 4.78 is 7.34. The number of piperidine rings is 1. The van der Waals surface area contributed by atoms with Crippen LogP contribution in [-0.2, 0) is 0 Å². The van der Waals surface area contributed by atoms with Crippen LogP contribution in [0, 0.1) is 13.8 Å². The van der Waals surface area contributed by atoms with E-state index in [1.165, 1.54) is 0 Å². The smallest absolute Gasteiger partial charge is 0.258 e. The van der Waals surface area contributed by atoms with Gasteiger partial charge < -0.3 is 14.5 Å². The summed E-state index contributed by atoms with van der Waals surface area (Å²) in [5.41, 5.74) is 4.41. The highest BCUT2D eigenvalue weighted by Crippen LogP contribution is 2.34. The third kappa shape index (κ3) is 4.02. The molecular formula is C26H32N6O2. The Kier molecular flexibility index (Phi) is 5.98. The zero-order chi connectivity index (χ0) is 23.8. The van der Waals surface area contributed by atoms with Crippen molar-refractivity contribution >= 4 is 24.1 Å². The lowest BCUT2D eigenvalue weighted by Gasteiger charge is -2.35. The molecule has 5 rings (SSSR count). The van der Waals surface area contributed by atoms with Crippen LogP contribution in [0.2, 0.25) is 0 Å². The highest BCUT2D eigenvalue weighted by Gasteiger charge is 2.32. The third-order valence-corrected chi connectivity index (χ3v) is 7.04. The van der Waals surface area contributed by atoms with Crippen LogP contribution in [0.3, 0.4) is 0 Å². The highest BCUT2D eigenvalue weighted by atomic mass is 16.5.